The fourth-order valence-electron chi connectivity index (χ4n) is 2.15. The summed E-state index contributed by atoms with van der Waals surface area (Å²) in [6, 6.07) is 8.16. The monoisotopic (exact) mass is 307 g/mol. The van der Waals surface area contributed by atoms with E-state index in [0.717, 1.165) is 29.3 Å². The molecule has 0 aliphatic carbocycles. The second-order valence-corrected chi connectivity index (χ2v) is 7.09. The maximum absolute atomic E-state index is 5.59. The Balaban J connectivity index is 1.80. The summed E-state index contributed by atoms with van der Waals surface area (Å²) in [5, 5.41) is 4.51. The summed E-state index contributed by atoms with van der Waals surface area (Å²) in [4.78, 5) is 4.56. The lowest BCUT2D eigenvalue weighted by Crippen LogP contribution is -2.07. The molecule has 106 valence electrons. The van der Waals surface area contributed by atoms with Crippen molar-refractivity contribution >= 4 is 23.5 Å². The fourth-order valence-corrected chi connectivity index (χ4v) is 4.74. The Kier molecular flexibility index (Phi) is 4.65. The van der Waals surface area contributed by atoms with Crippen molar-refractivity contribution in [2.24, 2.45) is 5.73 Å². The highest BCUT2D eigenvalue weighted by Crippen LogP contribution is 2.35. The minimum Gasteiger partial charge on any atom is -0.334 e. The highest BCUT2D eigenvalue weighted by atomic mass is 32.2. The van der Waals surface area contributed by atoms with Crippen molar-refractivity contribution in [2.45, 2.75) is 11.7 Å². The minimum atomic E-state index is 0.360. The molecule has 2 N–H and O–H groups in total. The molecule has 1 unspecified atom stereocenters. The van der Waals surface area contributed by atoms with Gasteiger partial charge in [-0.25, -0.2) is 0 Å². The standard InChI is InChI=1S/C14H17N3OS2/c15-5-4-10-2-1-3-11(8-10)14-16-13(17-18-14)12-9-19-6-7-20-12/h1-3,8,12H,4-7,9,15H2. The second-order valence-electron chi connectivity index (χ2n) is 4.63. The number of benzene rings is 1. The van der Waals surface area contributed by atoms with Gasteiger partial charge in [-0.3, -0.25) is 0 Å². The van der Waals surface area contributed by atoms with E-state index in [4.69, 9.17) is 10.3 Å². The molecular weight excluding hydrogens is 290 g/mol. The van der Waals surface area contributed by atoms with Crippen molar-refractivity contribution in [2.75, 3.05) is 23.8 Å². The quantitative estimate of drug-likeness (QED) is 0.937. The molecule has 1 atom stereocenters. The molecule has 3 rings (SSSR count). The van der Waals surface area contributed by atoms with Crippen LogP contribution >= 0.6 is 23.5 Å². The number of hydrogen-bond acceptors (Lipinski definition) is 6. The Hall–Kier alpha value is -0.980. The lowest BCUT2D eigenvalue weighted by Gasteiger charge is -2.16. The molecule has 0 bridgehead atoms. The molecular formula is C14H17N3OS2. The van der Waals surface area contributed by atoms with E-state index in [1.165, 1.54) is 11.3 Å². The third-order valence-electron chi connectivity index (χ3n) is 3.15. The van der Waals surface area contributed by atoms with E-state index in [-0.39, 0.29) is 0 Å². The predicted octanol–water partition coefficient (Wildman–Crippen LogP) is 2.76. The van der Waals surface area contributed by atoms with E-state index in [2.05, 4.69) is 22.3 Å². The fraction of sp³-hybridized carbons (Fsp3) is 0.429. The van der Waals surface area contributed by atoms with Crippen molar-refractivity contribution in [3.05, 3.63) is 35.7 Å². The first-order chi connectivity index (χ1) is 9.86. The van der Waals surface area contributed by atoms with Gasteiger partial charge in [-0.05, 0) is 30.7 Å². The summed E-state index contributed by atoms with van der Waals surface area (Å²) in [6.45, 7) is 0.647. The molecule has 1 aromatic carbocycles. The van der Waals surface area contributed by atoms with E-state index in [1.807, 2.05) is 35.7 Å². The molecule has 1 aliphatic rings. The Labute approximate surface area is 126 Å². The average molecular weight is 307 g/mol. The van der Waals surface area contributed by atoms with Gasteiger partial charge in [0, 0.05) is 22.8 Å². The highest BCUT2D eigenvalue weighted by molar-refractivity contribution is 8.06. The first-order valence-electron chi connectivity index (χ1n) is 6.69. The second kappa shape index (κ2) is 6.65. The van der Waals surface area contributed by atoms with Crippen LogP contribution in [-0.2, 0) is 6.42 Å². The van der Waals surface area contributed by atoms with Crippen LogP contribution in [0.3, 0.4) is 0 Å². The summed E-state index contributed by atoms with van der Waals surface area (Å²) < 4.78 is 5.42. The molecule has 2 aromatic rings. The SMILES string of the molecule is NCCc1cccc(-c2nc(C3CSCCS3)no2)c1. The number of thioether (sulfide) groups is 2. The lowest BCUT2D eigenvalue weighted by molar-refractivity contribution is 0.423. The average Bonchev–Trinajstić information content (AvgIpc) is 2.99. The molecule has 20 heavy (non-hydrogen) atoms. The van der Waals surface area contributed by atoms with Gasteiger partial charge in [0.2, 0.25) is 0 Å². The summed E-state index contributed by atoms with van der Waals surface area (Å²) in [5.74, 6) is 4.87. The van der Waals surface area contributed by atoms with Gasteiger partial charge in [0.1, 0.15) is 0 Å². The Morgan fingerprint density at radius 3 is 3.10 bits per heavy atom. The highest BCUT2D eigenvalue weighted by Gasteiger charge is 2.22. The predicted molar refractivity (Wildman–Crippen MR) is 85.0 cm³/mol. The molecule has 0 saturated carbocycles. The van der Waals surface area contributed by atoms with Gasteiger partial charge < -0.3 is 10.3 Å². The number of nitrogens with zero attached hydrogens (tertiary/aromatic N) is 2. The molecule has 1 aliphatic heterocycles. The zero-order chi connectivity index (χ0) is 13.8. The first-order valence-corrected chi connectivity index (χ1v) is 8.89. The summed E-state index contributed by atoms with van der Waals surface area (Å²) in [7, 11) is 0. The number of hydrogen-bond donors (Lipinski definition) is 1. The molecule has 6 heteroatoms. The van der Waals surface area contributed by atoms with E-state index >= 15 is 0 Å². The van der Waals surface area contributed by atoms with E-state index < -0.39 is 0 Å². The molecule has 1 fully saturated rings. The van der Waals surface area contributed by atoms with Crippen molar-refractivity contribution in [1.29, 1.82) is 0 Å². The van der Waals surface area contributed by atoms with Crippen LogP contribution in [0.25, 0.3) is 11.5 Å². The van der Waals surface area contributed by atoms with Crippen molar-refractivity contribution < 1.29 is 4.52 Å². The van der Waals surface area contributed by atoms with E-state index in [1.54, 1.807) is 0 Å². The van der Waals surface area contributed by atoms with Crippen LogP contribution in [0.2, 0.25) is 0 Å². The van der Waals surface area contributed by atoms with Crippen LogP contribution in [0.1, 0.15) is 16.6 Å². The normalized spacial score (nSPS) is 19.1. The van der Waals surface area contributed by atoms with Crippen LogP contribution in [0.4, 0.5) is 0 Å². The Morgan fingerprint density at radius 2 is 2.30 bits per heavy atom. The molecule has 2 heterocycles. The third-order valence-corrected chi connectivity index (χ3v) is 5.90. The first kappa shape index (κ1) is 14.0. The summed E-state index contributed by atoms with van der Waals surface area (Å²) >= 11 is 3.87. The lowest BCUT2D eigenvalue weighted by atomic mass is 10.1. The summed E-state index contributed by atoms with van der Waals surface area (Å²) in [5.41, 5.74) is 7.77. The minimum absolute atomic E-state index is 0.360. The smallest absolute Gasteiger partial charge is 0.257 e. The van der Waals surface area contributed by atoms with Crippen LogP contribution in [0, 0.1) is 0 Å². The zero-order valence-corrected chi connectivity index (χ0v) is 12.8. The number of rotatable bonds is 4. The molecule has 1 saturated heterocycles. The van der Waals surface area contributed by atoms with Gasteiger partial charge >= 0.3 is 0 Å². The van der Waals surface area contributed by atoms with Crippen LogP contribution in [0.5, 0.6) is 0 Å². The van der Waals surface area contributed by atoms with E-state index in [0.29, 0.717) is 17.7 Å². The Morgan fingerprint density at radius 1 is 1.35 bits per heavy atom. The van der Waals surface area contributed by atoms with E-state index in [9.17, 15) is 0 Å². The number of aromatic nitrogens is 2. The van der Waals surface area contributed by atoms with Crippen LogP contribution < -0.4 is 5.73 Å². The van der Waals surface area contributed by atoms with Gasteiger partial charge in [-0.2, -0.15) is 16.7 Å². The van der Waals surface area contributed by atoms with Gasteiger partial charge in [-0.1, -0.05) is 17.3 Å². The van der Waals surface area contributed by atoms with Gasteiger partial charge in [0.15, 0.2) is 5.82 Å². The van der Waals surface area contributed by atoms with Gasteiger partial charge in [-0.15, -0.1) is 11.8 Å². The largest absolute Gasteiger partial charge is 0.334 e. The topological polar surface area (TPSA) is 64.9 Å². The molecule has 0 amide bonds. The van der Waals surface area contributed by atoms with Crippen LogP contribution in [0.15, 0.2) is 28.8 Å². The molecule has 4 nitrogen and oxygen atoms in total. The van der Waals surface area contributed by atoms with Gasteiger partial charge in [0.25, 0.3) is 5.89 Å². The maximum atomic E-state index is 5.59. The molecule has 0 radical (unpaired) electrons. The molecule has 1 aromatic heterocycles. The van der Waals surface area contributed by atoms with Crippen molar-refractivity contribution in [1.82, 2.24) is 10.1 Å². The molecule has 0 spiro atoms. The Bertz CT molecular complexity index is 567. The van der Waals surface area contributed by atoms with Gasteiger partial charge in [0.05, 0.1) is 5.25 Å². The zero-order valence-electron chi connectivity index (χ0n) is 11.1. The summed E-state index contributed by atoms with van der Waals surface area (Å²) in [6.07, 6.45) is 0.865. The van der Waals surface area contributed by atoms with Crippen molar-refractivity contribution in [3.8, 4) is 11.5 Å². The van der Waals surface area contributed by atoms with Crippen LogP contribution in [-0.4, -0.2) is 33.9 Å². The van der Waals surface area contributed by atoms with Crippen molar-refractivity contribution in [3.63, 3.8) is 0 Å². The third kappa shape index (κ3) is 3.19. The maximum Gasteiger partial charge on any atom is 0.257 e. The number of nitrogens with two attached hydrogens (primary N) is 1.